The van der Waals surface area contributed by atoms with Crippen LogP contribution in [0, 0.1) is 12.7 Å². The number of hydrogen-bond acceptors (Lipinski definition) is 4. The molecular formula is C19H20FN3O3. The monoisotopic (exact) mass is 357 g/mol. The molecule has 0 fully saturated rings. The highest BCUT2D eigenvalue weighted by molar-refractivity contribution is 6.08. The molecule has 1 amide bonds. The van der Waals surface area contributed by atoms with E-state index in [1.807, 2.05) is 6.92 Å². The normalized spacial score (nSPS) is 10.9. The summed E-state index contributed by atoms with van der Waals surface area (Å²) in [5.41, 5.74) is 3.56. The van der Waals surface area contributed by atoms with E-state index in [0.717, 1.165) is 16.6 Å². The molecule has 1 aromatic heterocycles. The van der Waals surface area contributed by atoms with Gasteiger partial charge in [-0.05, 0) is 36.8 Å². The highest BCUT2D eigenvalue weighted by Crippen LogP contribution is 2.26. The van der Waals surface area contributed by atoms with Gasteiger partial charge >= 0.3 is 0 Å². The van der Waals surface area contributed by atoms with Gasteiger partial charge in [0, 0.05) is 31.0 Å². The number of ether oxygens (including phenoxy) is 2. The van der Waals surface area contributed by atoms with Crippen LogP contribution in [-0.2, 0) is 4.74 Å². The van der Waals surface area contributed by atoms with Crippen LogP contribution in [0.3, 0.4) is 0 Å². The molecule has 0 aliphatic heterocycles. The molecule has 0 saturated heterocycles. The van der Waals surface area contributed by atoms with Gasteiger partial charge in [-0.3, -0.25) is 4.79 Å². The molecule has 1 heterocycles. The molecule has 6 nitrogen and oxygen atoms in total. The number of rotatable bonds is 6. The van der Waals surface area contributed by atoms with E-state index >= 15 is 0 Å². The van der Waals surface area contributed by atoms with Crippen molar-refractivity contribution in [1.29, 1.82) is 0 Å². The first kappa shape index (κ1) is 17.9. The summed E-state index contributed by atoms with van der Waals surface area (Å²) in [5, 5.41) is 0. The molecule has 0 spiro atoms. The molecule has 3 aromatic rings. The van der Waals surface area contributed by atoms with Gasteiger partial charge in [0.1, 0.15) is 0 Å². The maximum absolute atomic E-state index is 13.7. The number of halogens is 1. The largest absolute Gasteiger partial charge is 0.494 e. The topological polar surface area (TPSA) is 67.5 Å². The molecule has 0 aliphatic carbocycles. The summed E-state index contributed by atoms with van der Waals surface area (Å²) in [4.78, 5) is 22.0. The summed E-state index contributed by atoms with van der Waals surface area (Å²) in [5.74, 6) is -0.613. The minimum absolute atomic E-state index is 0.0814. The quantitative estimate of drug-likeness (QED) is 0.735. The van der Waals surface area contributed by atoms with E-state index < -0.39 is 5.82 Å². The van der Waals surface area contributed by atoms with Gasteiger partial charge in [-0.1, -0.05) is 0 Å². The average molecular weight is 357 g/mol. The number of methoxy groups -OCH3 is 2. The Bertz CT molecular complexity index is 939. The molecule has 3 rings (SSSR count). The highest BCUT2D eigenvalue weighted by Gasteiger charge is 2.20. The third-order valence-corrected chi connectivity index (χ3v) is 4.17. The van der Waals surface area contributed by atoms with E-state index in [1.165, 1.54) is 19.2 Å². The zero-order valence-electron chi connectivity index (χ0n) is 14.9. The van der Waals surface area contributed by atoms with Crippen molar-refractivity contribution in [1.82, 2.24) is 9.97 Å². The smallest absolute Gasteiger partial charge is 0.258 e. The van der Waals surface area contributed by atoms with E-state index in [9.17, 15) is 9.18 Å². The van der Waals surface area contributed by atoms with Crippen LogP contribution in [0.2, 0.25) is 0 Å². The fourth-order valence-electron chi connectivity index (χ4n) is 2.85. The molecule has 0 aliphatic rings. The summed E-state index contributed by atoms with van der Waals surface area (Å²) in [7, 11) is 2.95. The van der Waals surface area contributed by atoms with Gasteiger partial charge in [-0.15, -0.1) is 0 Å². The van der Waals surface area contributed by atoms with Crippen LogP contribution < -0.4 is 9.64 Å². The number of H-pyrrole nitrogens is 1. The second-order valence-electron chi connectivity index (χ2n) is 5.86. The minimum atomic E-state index is -0.481. The van der Waals surface area contributed by atoms with Gasteiger partial charge < -0.3 is 19.4 Å². The Morgan fingerprint density at radius 2 is 2.08 bits per heavy atom. The van der Waals surface area contributed by atoms with E-state index in [1.54, 1.807) is 36.5 Å². The van der Waals surface area contributed by atoms with Gasteiger partial charge in [-0.2, -0.15) is 0 Å². The molecule has 26 heavy (non-hydrogen) atoms. The van der Waals surface area contributed by atoms with Crippen LogP contribution in [0.4, 0.5) is 10.1 Å². The first-order valence-electron chi connectivity index (χ1n) is 8.13. The molecule has 136 valence electrons. The summed E-state index contributed by atoms with van der Waals surface area (Å²) in [6.45, 7) is 2.57. The van der Waals surface area contributed by atoms with Crippen molar-refractivity contribution in [2.45, 2.75) is 6.92 Å². The number of carbonyl (C=O) groups is 1. The molecular weight excluding hydrogens is 337 g/mol. The Balaban J connectivity index is 2.01. The van der Waals surface area contributed by atoms with Crippen LogP contribution >= 0.6 is 0 Å². The van der Waals surface area contributed by atoms with E-state index in [0.29, 0.717) is 24.4 Å². The third-order valence-electron chi connectivity index (χ3n) is 4.17. The number of anilines is 1. The number of amides is 1. The summed E-state index contributed by atoms with van der Waals surface area (Å²) in [6.07, 6.45) is 1.60. The first-order chi connectivity index (χ1) is 12.5. The number of fused-ring (bicyclic) bond motifs is 1. The van der Waals surface area contributed by atoms with Crippen molar-refractivity contribution in [3.05, 3.63) is 53.6 Å². The molecule has 0 atom stereocenters. The Labute approximate surface area is 150 Å². The predicted octanol–water partition coefficient (Wildman–Crippen LogP) is 3.31. The first-order valence-corrected chi connectivity index (χ1v) is 8.13. The average Bonchev–Trinajstić information content (AvgIpc) is 3.12. The second kappa shape index (κ2) is 7.53. The third kappa shape index (κ3) is 3.39. The molecule has 7 heteroatoms. The Hall–Kier alpha value is -2.93. The van der Waals surface area contributed by atoms with Crippen molar-refractivity contribution in [2.24, 2.45) is 0 Å². The summed E-state index contributed by atoms with van der Waals surface area (Å²) >= 11 is 0. The zero-order chi connectivity index (χ0) is 18.7. The number of imidazole rings is 1. The fourth-order valence-corrected chi connectivity index (χ4v) is 2.85. The molecule has 0 radical (unpaired) electrons. The van der Waals surface area contributed by atoms with Crippen molar-refractivity contribution >= 4 is 22.6 Å². The van der Waals surface area contributed by atoms with Crippen molar-refractivity contribution in [2.75, 3.05) is 32.3 Å². The van der Waals surface area contributed by atoms with E-state index in [2.05, 4.69) is 9.97 Å². The van der Waals surface area contributed by atoms with Crippen LogP contribution in [-0.4, -0.2) is 43.2 Å². The molecule has 2 aromatic carbocycles. The number of aromatic amines is 1. The Kier molecular flexibility index (Phi) is 5.18. The molecule has 1 N–H and O–H groups in total. The van der Waals surface area contributed by atoms with Crippen LogP contribution in [0.15, 0.2) is 36.7 Å². The van der Waals surface area contributed by atoms with Gasteiger partial charge in [0.05, 0.1) is 31.1 Å². The lowest BCUT2D eigenvalue weighted by molar-refractivity contribution is 0.0976. The van der Waals surface area contributed by atoms with Crippen LogP contribution in [0.5, 0.6) is 5.75 Å². The standard InChI is InChI=1S/C19H20FN3O3/c1-12-8-13(9-16-18(12)22-11-21-16)19(24)23(6-7-25-2)14-4-5-15(20)17(10-14)26-3/h4-5,8-11H,6-7H2,1-3H3,(H,21,22). The lowest BCUT2D eigenvalue weighted by atomic mass is 10.1. The second-order valence-corrected chi connectivity index (χ2v) is 5.86. The zero-order valence-corrected chi connectivity index (χ0v) is 14.9. The van der Waals surface area contributed by atoms with E-state index in [-0.39, 0.29) is 11.7 Å². The van der Waals surface area contributed by atoms with Crippen molar-refractivity contribution in [3.63, 3.8) is 0 Å². The number of nitrogens with zero attached hydrogens (tertiary/aromatic N) is 2. The molecule has 0 bridgehead atoms. The van der Waals surface area contributed by atoms with E-state index in [4.69, 9.17) is 9.47 Å². The molecule has 0 unspecified atom stereocenters. The predicted molar refractivity (Wildman–Crippen MR) is 97.3 cm³/mol. The van der Waals surface area contributed by atoms with Gasteiger partial charge in [0.25, 0.3) is 5.91 Å². The van der Waals surface area contributed by atoms with Crippen molar-refractivity contribution < 1.29 is 18.7 Å². The minimum Gasteiger partial charge on any atom is -0.494 e. The Morgan fingerprint density at radius 3 is 2.81 bits per heavy atom. The molecule has 0 saturated carbocycles. The van der Waals surface area contributed by atoms with Crippen LogP contribution in [0.25, 0.3) is 11.0 Å². The van der Waals surface area contributed by atoms with Gasteiger partial charge in [-0.25, -0.2) is 9.37 Å². The number of benzene rings is 2. The lowest BCUT2D eigenvalue weighted by Crippen LogP contribution is -2.34. The number of nitrogens with one attached hydrogen (secondary N) is 1. The van der Waals surface area contributed by atoms with Gasteiger partial charge in [0.2, 0.25) is 0 Å². The number of carbonyl (C=O) groups excluding carboxylic acids is 1. The van der Waals surface area contributed by atoms with Crippen LogP contribution in [0.1, 0.15) is 15.9 Å². The van der Waals surface area contributed by atoms with Gasteiger partial charge in [0.15, 0.2) is 11.6 Å². The lowest BCUT2D eigenvalue weighted by Gasteiger charge is -2.23. The fraction of sp³-hybridized carbons (Fsp3) is 0.263. The number of aryl methyl sites for hydroxylation is 1. The number of aromatic nitrogens is 2. The van der Waals surface area contributed by atoms with Crippen molar-refractivity contribution in [3.8, 4) is 5.75 Å². The maximum atomic E-state index is 13.7. The number of hydrogen-bond donors (Lipinski definition) is 1. The SMILES string of the molecule is COCCN(C(=O)c1cc(C)c2nc[nH]c2c1)c1ccc(F)c(OC)c1. The Morgan fingerprint density at radius 1 is 1.27 bits per heavy atom. The maximum Gasteiger partial charge on any atom is 0.258 e. The summed E-state index contributed by atoms with van der Waals surface area (Å²) in [6, 6.07) is 7.90. The summed E-state index contributed by atoms with van der Waals surface area (Å²) < 4.78 is 23.9. The highest BCUT2D eigenvalue weighted by atomic mass is 19.1.